The normalized spacial score (nSPS) is 15.0. The van der Waals surface area contributed by atoms with Crippen LogP contribution in [0.1, 0.15) is 12.8 Å². The van der Waals surface area contributed by atoms with Crippen LogP contribution in [0.25, 0.3) is 10.9 Å². The average molecular weight is 390 g/mol. The predicted molar refractivity (Wildman–Crippen MR) is 100 cm³/mol. The minimum absolute atomic E-state index is 0.0117. The fourth-order valence-electron chi connectivity index (χ4n) is 3.06. The second-order valence-electron chi connectivity index (χ2n) is 6.23. The van der Waals surface area contributed by atoms with Crippen LogP contribution < -0.4 is 9.86 Å². The zero-order valence-electron chi connectivity index (χ0n) is 14.3. The van der Waals surface area contributed by atoms with Gasteiger partial charge in [-0.25, -0.2) is 9.97 Å². The topological polar surface area (TPSA) is 67.7 Å². The molecule has 0 bridgehead atoms. The van der Waals surface area contributed by atoms with E-state index in [2.05, 4.69) is 9.97 Å². The lowest BCUT2D eigenvalue weighted by molar-refractivity contribution is 0.0261. The Morgan fingerprint density at radius 1 is 1.19 bits per heavy atom. The molecule has 0 saturated carbocycles. The van der Waals surface area contributed by atoms with Gasteiger partial charge in [0, 0.05) is 30.0 Å². The Morgan fingerprint density at radius 2 is 2.00 bits per heavy atom. The second kappa shape index (κ2) is 7.54. The van der Waals surface area contributed by atoms with Crippen molar-refractivity contribution >= 4 is 34.0 Å². The summed E-state index contributed by atoms with van der Waals surface area (Å²) in [5, 5.41) is 11.3. The van der Waals surface area contributed by atoms with Crippen molar-refractivity contribution in [3.63, 3.8) is 0 Å². The second-order valence-corrected chi connectivity index (χ2v) is 6.66. The van der Waals surface area contributed by atoms with Gasteiger partial charge in [0.25, 0.3) is 0 Å². The number of fused-ring (bicyclic) bond motifs is 1. The number of aromatic hydroxyl groups is 1. The Morgan fingerprint density at radius 3 is 2.78 bits per heavy atom. The summed E-state index contributed by atoms with van der Waals surface area (Å²) >= 11 is 5.98. The predicted octanol–water partition coefficient (Wildman–Crippen LogP) is 4.57. The number of phenols is 1. The van der Waals surface area contributed by atoms with Crippen LogP contribution in [0.3, 0.4) is 0 Å². The summed E-state index contributed by atoms with van der Waals surface area (Å²) in [5.74, 6) is 0.337. The summed E-state index contributed by atoms with van der Waals surface area (Å²) in [6.07, 6.45) is 2.59. The van der Waals surface area contributed by atoms with E-state index in [1.165, 1.54) is 24.5 Å². The maximum atomic E-state index is 15.2. The molecule has 1 aromatic heterocycles. The van der Waals surface area contributed by atoms with Crippen LogP contribution in [-0.2, 0) is 4.74 Å². The van der Waals surface area contributed by atoms with Crippen LogP contribution in [0.4, 0.5) is 16.0 Å². The molecule has 0 spiro atoms. The molecule has 0 unspecified atom stereocenters. The van der Waals surface area contributed by atoms with Gasteiger partial charge in [0.15, 0.2) is 5.82 Å². The number of aromatic nitrogens is 2. The van der Waals surface area contributed by atoms with Gasteiger partial charge in [-0.1, -0.05) is 22.1 Å². The molecular weight excluding hydrogens is 373 g/mol. The van der Waals surface area contributed by atoms with Crippen LogP contribution in [0.15, 0.2) is 42.7 Å². The van der Waals surface area contributed by atoms with E-state index in [4.69, 9.17) is 21.1 Å². The molecule has 3 aromatic rings. The van der Waals surface area contributed by atoms with Gasteiger partial charge in [0.2, 0.25) is 0 Å². The summed E-state index contributed by atoms with van der Waals surface area (Å²) in [4.78, 5) is 8.26. The Bertz CT molecular complexity index is 966. The van der Waals surface area contributed by atoms with Crippen molar-refractivity contribution in [1.29, 1.82) is 0 Å². The van der Waals surface area contributed by atoms with Crippen LogP contribution in [-0.4, -0.2) is 34.4 Å². The van der Waals surface area contributed by atoms with Crippen LogP contribution in [0.2, 0.25) is 5.02 Å². The first-order valence-electron chi connectivity index (χ1n) is 8.55. The van der Waals surface area contributed by atoms with Gasteiger partial charge < -0.3 is 14.6 Å². The van der Waals surface area contributed by atoms with Crippen molar-refractivity contribution in [2.45, 2.75) is 18.9 Å². The molecule has 6 nitrogen and oxygen atoms in total. The number of hydrogen-bond donors (Lipinski definition) is 1. The zero-order valence-corrected chi connectivity index (χ0v) is 15.1. The number of benzene rings is 2. The number of hydrogen-bond acceptors (Lipinski definition) is 6. The molecule has 4 rings (SSSR count). The molecule has 1 aliphatic heterocycles. The molecule has 2 heterocycles. The number of anilines is 2. The lowest BCUT2D eigenvalue weighted by Crippen LogP contribution is -2.26. The summed E-state index contributed by atoms with van der Waals surface area (Å²) in [5.41, 5.74) is 0.610. The smallest absolute Gasteiger partial charge is 0.178 e. The standard InChI is InChI=1S/C19H17ClFN3O3/c20-12-2-1-3-13(8-12)24(21)19-18-16(22-11-23-19)9-14(25)10-17(18)27-15-4-6-26-7-5-15/h1-3,8-11,15,25H,4-7H2. The van der Waals surface area contributed by atoms with E-state index in [0.717, 1.165) is 0 Å². The monoisotopic (exact) mass is 389 g/mol. The number of rotatable bonds is 4. The van der Waals surface area contributed by atoms with E-state index in [9.17, 15) is 5.11 Å². The molecule has 0 aliphatic carbocycles. The maximum absolute atomic E-state index is 15.2. The molecule has 1 fully saturated rings. The molecule has 27 heavy (non-hydrogen) atoms. The Hall–Kier alpha value is -2.64. The van der Waals surface area contributed by atoms with Crippen molar-refractivity contribution in [3.05, 3.63) is 47.7 Å². The first kappa shape index (κ1) is 17.8. The first-order chi connectivity index (χ1) is 13.1. The third-order valence-corrected chi connectivity index (χ3v) is 4.58. The number of ether oxygens (including phenoxy) is 2. The summed E-state index contributed by atoms with van der Waals surface area (Å²) in [7, 11) is 0. The highest BCUT2D eigenvalue weighted by atomic mass is 35.5. The Labute approximate surface area is 160 Å². The fraction of sp³-hybridized carbons (Fsp3) is 0.263. The summed E-state index contributed by atoms with van der Waals surface area (Å²) in [6.45, 7) is 1.20. The fourth-order valence-corrected chi connectivity index (χ4v) is 3.24. The molecule has 1 N–H and O–H groups in total. The highest BCUT2D eigenvalue weighted by Crippen LogP contribution is 2.39. The third-order valence-electron chi connectivity index (χ3n) is 4.35. The van der Waals surface area contributed by atoms with Crippen LogP contribution in [0, 0.1) is 0 Å². The van der Waals surface area contributed by atoms with E-state index >= 15 is 4.48 Å². The maximum Gasteiger partial charge on any atom is 0.178 e. The summed E-state index contributed by atoms with van der Waals surface area (Å²) in [6, 6.07) is 9.29. The lowest BCUT2D eigenvalue weighted by Gasteiger charge is -2.25. The largest absolute Gasteiger partial charge is 0.508 e. The number of nitrogens with zero attached hydrogens (tertiary/aromatic N) is 3. The zero-order chi connectivity index (χ0) is 18.8. The van der Waals surface area contributed by atoms with Crippen LogP contribution in [0.5, 0.6) is 11.5 Å². The molecule has 140 valence electrons. The van der Waals surface area contributed by atoms with E-state index < -0.39 is 0 Å². The van der Waals surface area contributed by atoms with Crippen molar-refractivity contribution in [2.75, 3.05) is 18.3 Å². The molecule has 2 aromatic carbocycles. The van der Waals surface area contributed by atoms with Gasteiger partial charge in [-0.15, -0.1) is 0 Å². The van der Waals surface area contributed by atoms with E-state index in [1.54, 1.807) is 18.2 Å². The first-order valence-corrected chi connectivity index (χ1v) is 8.93. The minimum Gasteiger partial charge on any atom is -0.508 e. The SMILES string of the molecule is Oc1cc(OC2CCOCC2)c2c(N(F)c3cccc(Cl)c3)ncnc2c1. The van der Waals surface area contributed by atoms with Crippen molar-refractivity contribution in [1.82, 2.24) is 9.97 Å². The number of phenolic OH excluding ortho intramolecular Hbond substituents is 1. The van der Waals surface area contributed by atoms with E-state index in [1.807, 2.05) is 0 Å². The minimum atomic E-state index is -0.0870. The number of halogens is 2. The Kier molecular flexibility index (Phi) is 4.96. The molecular formula is C19H17ClFN3O3. The molecule has 0 amide bonds. The lowest BCUT2D eigenvalue weighted by atomic mass is 10.1. The van der Waals surface area contributed by atoms with Crippen molar-refractivity contribution < 1.29 is 19.1 Å². The van der Waals surface area contributed by atoms with Crippen LogP contribution >= 0.6 is 11.6 Å². The molecule has 8 heteroatoms. The van der Waals surface area contributed by atoms with Gasteiger partial charge in [-0.3, -0.25) is 0 Å². The Balaban J connectivity index is 1.80. The van der Waals surface area contributed by atoms with Crippen molar-refractivity contribution in [3.8, 4) is 11.5 Å². The average Bonchev–Trinajstić information content (AvgIpc) is 2.67. The quantitative estimate of drug-likeness (QED) is 0.659. The highest BCUT2D eigenvalue weighted by molar-refractivity contribution is 6.30. The van der Waals surface area contributed by atoms with Gasteiger partial charge in [0.05, 0.1) is 29.8 Å². The van der Waals surface area contributed by atoms with Crippen molar-refractivity contribution in [2.24, 2.45) is 0 Å². The van der Waals surface area contributed by atoms with Gasteiger partial charge in [-0.2, -0.15) is 5.12 Å². The molecule has 1 aliphatic rings. The molecule has 0 atom stereocenters. The van der Waals surface area contributed by atoms with E-state index in [0.29, 0.717) is 52.9 Å². The molecule has 1 saturated heterocycles. The van der Waals surface area contributed by atoms with E-state index in [-0.39, 0.29) is 23.4 Å². The third kappa shape index (κ3) is 3.74. The van der Waals surface area contributed by atoms with Gasteiger partial charge >= 0.3 is 0 Å². The highest BCUT2D eigenvalue weighted by Gasteiger charge is 2.22. The molecule has 0 radical (unpaired) electrons. The van der Waals surface area contributed by atoms with Gasteiger partial charge in [-0.05, 0) is 18.2 Å². The summed E-state index contributed by atoms with van der Waals surface area (Å²) < 4.78 is 26.6. The van der Waals surface area contributed by atoms with Gasteiger partial charge in [0.1, 0.15) is 23.9 Å².